The standard InChI is InChI=1S/C25H34O8/c1-6-12-29-20-11-10-18(16-26)14-21(20)32-24(28)19(15-22(27)33-25(3,4)5)17(2)31-23-9-7-8-13-30-23/h6,10-11,14,16-17,19,23H,1,7-9,12-13,15H2,2-5H3. The van der Waals surface area contributed by atoms with E-state index >= 15 is 0 Å². The Morgan fingerprint density at radius 3 is 2.61 bits per heavy atom. The van der Waals surface area contributed by atoms with Gasteiger partial charge in [0, 0.05) is 12.2 Å². The summed E-state index contributed by atoms with van der Waals surface area (Å²) in [4.78, 5) is 37.0. The Morgan fingerprint density at radius 2 is 2.00 bits per heavy atom. The fourth-order valence-electron chi connectivity index (χ4n) is 3.29. The lowest BCUT2D eigenvalue weighted by molar-refractivity contribution is -0.200. The summed E-state index contributed by atoms with van der Waals surface area (Å²) in [6.45, 7) is 11.3. The molecule has 1 aromatic rings. The topological polar surface area (TPSA) is 97.4 Å². The molecule has 8 nitrogen and oxygen atoms in total. The van der Waals surface area contributed by atoms with E-state index in [2.05, 4.69) is 6.58 Å². The van der Waals surface area contributed by atoms with Gasteiger partial charge in [0.15, 0.2) is 17.8 Å². The molecule has 0 spiro atoms. The van der Waals surface area contributed by atoms with Crippen LogP contribution in [0.1, 0.15) is 63.7 Å². The van der Waals surface area contributed by atoms with Gasteiger partial charge in [0.2, 0.25) is 0 Å². The highest BCUT2D eigenvalue weighted by Gasteiger charge is 2.34. The van der Waals surface area contributed by atoms with Crippen molar-refractivity contribution in [2.45, 2.75) is 71.4 Å². The lowest BCUT2D eigenvalue weighted by Crippen LogP contribution is -2.38. The lowest BCUT2D eigenvalue weighted by Gasteiger charge is -2.30. The SMILES string of the molecule is C=CCOc1ccc(C=O)cc1OC(=O)C(CC(=O)OC(C)(C)C)C(C)OC1CCCCO1. The van der Waals surface area contributed by atoms with Crippen molar-refractivity contribution in [1.82, 2.24) is 0 Å². The van der Waals surface area contributed by atoms with Crippen LogP contribution in [0.25, 0.3) is 0 Å². The molecule has 1 aliphatic rings. The minimum atomic E-state index is -0.961. The Labute approximate surface area is 195 Å². The average molecular weight is 463 g/mol. The fourth-order valence-corrected chi connectivity index (χ4v) is 3.29. The zero-order valence-electron chi connectivity index (χ0n) is 19.8. The summed E-state index contributed by atoms with van der Waals surface area (Å²) in [5, 5.41) is 0. The van der Waals surface area contributed by atoms with Crippen molar-refractivity contribution in [2.24, 2.45) is 5.92 Å². The van der Waals surface area contributed by atoms with Crippen LogP contribution in [0.3, 0.4) is 0 Å². The third-order valence-corrected chi connectivity index (χ3v) is 4.85. The summed E-state index contributed by atoms with van der Waals surface area (Å²) in [5.41, 5.74) is -0.390. The number of hydrogen-bond acceptors (Lipinski definition) is 8. The molecule has 8 heteroatoms. The van der Waals surface area contributed by atoms with Gasteiger partial charge < -0.3 is 23.7 Å². The van der Waals surface area contributed by atoms with Crippen LogP contribution in [-0.4, -0.2) is 49.4 Å². The quantitative estimate of drug-likeness (QED) is 0.208. The van der Waals surface area contributed by atoms with Gasteiger partial charge in [-0.3, -0.25) is 14.4 Å². The van der Waals surface area contributed by atoms with Crippen LogP contribution in [0.5, 0.6) is 11.5 Å². The number of esters is 2. The van der Waals surface area contributed by atoms with Gasteiger partial charge in [-0.15, -0.1) is 0 Å². The first-order valence-electron chi connectivity index (χ1n) is 11.2. The second-order valence-corrected chi connectivity index (χ2v) is 8.88. The predicted molar refractivity (Wildman–Crippen MR) is 121 cm³/mol. The molecule has 0 aromatic heterocycles. The molecule has 1 aliphatic heterocycles. The van der Waals surface area contributed by atoms with E-state index in [4.69, 9.17) is 23.7 Å². The van der Waals surface area contributed by atoms with Gasteiger partial charge in [0.05, 0.1) is 18.4 Å². The molecule has 3 atom stereocenters. The van der Waals surface area contributed by atoms with Crippen LogP contribution in [-0.2, 0) is 23.8 Å². The van der Waals surface area contributed by atoms with E-state index < -0.39 is 35.9 Å². The first-order chi connectivity index (χ1) is 15.6. The Bertz CT molecular complexity index is 820. The predicted octanol–water partition coefficient (Wildman–Crippen LogP) is 4.25. The van der Waals surface area contributed by atoms with Crippen LogP contribution < -0.4 is 9.47 Å². The zero-order valence-corrected chi connectivity index (χ0v) is 19.8. The summed E-state index contributed by atoms with van der Waals surface area (Å²) in [6, 6.07) is 4.49. The molecule has 0 saturated carbocycles. The molecule has 1 aromatic carbocycles. The highest BCUT2D eigenvalue weighted by atomic mass is 16.7. The molecule has 1 heterocycles. The molecule has 0 bridgehead atoms. The lowest BCUT2D eigenvalue weighted by atomic mass is 9.99. The molecule has 1 saturated heterocycles. The largest absolute Gasteiger partial charge is 0.486 e. The monoisotopic (exact) mass is 462 g/mol. The highest BCUT2D eigenvalue weighted by Crippen LogP contribution is 2.30. The minimum Gasteiger partial charge on any atom is -0.486 e. The van der Waals surface area contributed by atoms with Gasteiger partial charge >= 0.3 is 11.9 Å². The summed E-state index contributed by atoms with van der Waals surface area (Å²) in [6.07, 6.45) is 3.44. The minimum absolute atomic E-state index is 0.0711. The summed E-state index contributed by atoms with van der Waals surface area (Å²) in [5.74, 6) is -1.86. The normalized spacial score (nSPS) is 18.0. The van der Waals surface area contributed by atoms with Crippen molar-refractivity contribution in [3.05, 3.63) is 36.4 Å². The van der Waals surface area contributed by atoms with E-state index in [0.29, 0.717) is 24.9 Å². The zero-order chi connectivity index (χ0) is 24.4. The molecule has 3 unspecified atom stereocenters. The third kappa shape index (κ3) is 8.98. The fraction of sp³-hybridized carbons (Fsp3) is 0.560. The van der Waals surface area contributed by atoms with Gasteiger partial charge in [-0.05, 0) is 65.2 Å². The maximum Gasteiger partial charge on any atom is 0.317 e. The smallest absolute Gasteiger partial charge is 0.317 e. The van der Waals surface area contributed by atoms with Crippen LogP contribution >= 0.6 is 0 Å². The highest BCUT2D eigenvalue weighted by molar-refractivity contribution is 5.83. The maximum absolute atomic E-state index is 13.2. The number of rotatable bonds is 11. The van der Waals surface area contributed by atoms with Crippen molar-refractivity contribution >= 4 is 18.2 Å². The van der Waals surface area contributed by atoms with Crippen LogP contribution in [0.15, 0.2) is 30.9 Å². The summed E-state index contributed by atoms with van der Waals surface area (Å²) < 4.78 is 28.1. The Hall–Kier alpha value is -2.71. The van der Waals surface area contributed by atoms with Gasteiger partial charge in [0.1, 0.15) is 18.5 Å². The van der Waals surface area contributed by atoms with E-state index in [1.54, 1.807) is 39.8 Å². The molecule has 0 amide bonds. The van der Waals surface area contributed by atoms with Gasteiger partial charge in [0.25, 0.3) is 0 Å². The molecule has 0 radical (unpaired) electrons. The Morgan fingerprint density at radius 1 is 1.24 bits per heavy atom. The third-order valence-electron chi connectivity index (χ3n) is 4.85. The first-order valence-corrected chi connectivity index (χ1v) is 11.2. The van der Waals surface area contributed by atoms with Crippen molar-refractivity contribution < 1.29 is 38.1 Å². The number of carbonyl (C=O) groups is 3. The number of benzene rings is 1. The second kappa shape index (κ2) is 12.5. The maximum atomic E-state index is 13.2. The number of ether oxygens (including phenoxy) is 5. The molecule has 2 rings (SSSR count). The molecule has 1 fully saturated rings. The molecule has 33 heavy (non-hydrogen) atoms. The average Bonchev–Trinajstić information content (AvgIpc) is 2.75. The molecular weight excluding hydrogens is 428 g/mol. The van der Waals surface area contributed by atoms with Crippen molar-refractivity contribution in [3.8, 4) is 11.5 Å². The van der Waals surface area contributed by atoms with Crippen molar-refractivity contribution in [3.63, 3.8) is 0 Å². The van der Waals surface area contributed by atoms with E-state index in [0.717, 1.165) is 12.8 Å². The van der Waals surface area contributed by atoms with Gasteiger partial charge in [-0.25, -0.2) is 0 Å². The molecule has 0 N–H and O–H groups in total. The Balaban J connectivity index is 2.23. The molecular formula is C25H34O8. The van der Waals surface area contributed by atoms with Crippen molar-refractivity contribution in [2.75, 3.05) is 13.2 Å². The van der Waals surface area contributed by atoms with Crippen LogP contribution in [0, 0.1) is 5.92 Å². The second-order valence-electron chi connectivity index (χ2n) is 8.88. The summed E-state index contributed by atoms with van der Waals surface area (Å²) >= 11 is 0. The van der Waals surface area contributed by atoms with E-state index in [9.17, 15) is 14.4 Å². The first kappa shape index (κ1) is 26.5. The molecule has 182 valence electrons. The Kier molecular flexibility index (Phi) is 10.1. The molecule has 0 aliphatic carbocycles. The van der Waals surface area contributed by atoms with Crippen molar-refractivity contribution in [1.29, 1.82) is 0 Å². The van der Waals surface area contributed by atoms with E-state index in [-0.39, 0.29) is 24.5 Å². The van der Waals surface area contributed by atoms with Gasteiger partial charge in [-0.1, -0.05) is 12.7 Å². The van der Waals surface area contributed by atoms with Crippen LogP contribution in [0.2, 0.25) is 0 Å². The van der Waals surface area contributed by atoms with Gasteiger partial charge in [-0.2, -0.15) is 0 Å². The number of carbonyl (C=O) groups excluding carboxylic acids is 3. The van der Waals surface area contributed by atoms with E-state index in [1.165, 1.54) is 12.1 Å². The van der Waals surface area contributed by atoms with E-state index in [1.807, 2.05) is 0 Å². The van der Waals surface area contributed by atoms with Crippen LogP contribution in [0.4, 0.5) is 0 Å². The summed E-state index contributed by atoms with van der Waals surface area (Å²) in [7, 11) is 0. The number of hydrogen-bond donors (Lipinski definition) is 0. The number of aldehydes is 1.